The lowest BCUT2D eigenvalue weighted by Gasteiger charge is -2.12. The number of hydrogen-bond donors (Lipinski definition) is 0. The number of nitro groups is 3. The Labute approximate surface area is 95.6 Å². The minimum atomic E-state index is -1.21. The number of aromatic nitrogens is 3. The van der Waals surface area contributed by atoms with E-state index < -0.39 is 32.9 Å². The Bertz CT molecular complexity index is 417. The quantitative estimate of drug-likeness (QED) is 0.510. The van der Waals surface area contributed by atoms with Crippen molar-refractivity contribution in [1.82, 2.24) is 15.0 Å². The van der Waals surface area contributed by atoms with Crippen LogP contribution in [0.5, 0.6) is 0 Å². The first kappa shape index (κ1) is 12.7. The summed E-state index contributed by atoms with van der Waals surface area (Å²) in [5.74, 6) is -2.72. The second-order valence-corrected chi connectivity index (χ2v) is 2.25. The molecule has 1 heterocycles. The van der Waals surface area contributed by atoms with E-state index in [2.05, 4.69) is 31.2 Å². The van der Waals surface area contributed by atoms with E-state index in [9.17, 15) is 30.3 Å². The molecule has 0 atom stereocenters. The Hall–Kier alpha value is -3.39. The maximum absolute atomic E-state index is 10.0. The third-order valence-corrected chi connectivity index (χ3v) is 1.11. The zero-order chi connectivity index (χ0) is 13.7. The van der Waals surface area contributed by atoms with Crippen LogP contribution < -0.4 is 0 Å². The van der Waals surface area contributed by atoms with E-state index >= 15 is 0 Å². The molecule has 0 aliphatic heterocycles. The lowest BCUT2D eigenvalue weighted by atomic mass is 10.8. The van der Waals surface area contributed by atoms with Crippen molar-refractivity contribution in [2.24, 2.45) is 0 Å². The van der Waals surface area contributed by atoms with Crippen LogP contribution in [0.25, 0.3) is 16.3 Å². The summed E-state index contributed by atoms with van der Waals surface area (Å²) in [5.41, 5.74) is 7.77. The van der Waals surface area contributed by atoms with Gasteiger partial charge in [-0.05, 0) is 0 Å². The van der Waals surface area contributed by atoms with Crippen LogP contribution in [0.2, 0.25) is 0 Å². The van der Waals surface area contributed by atoms with Crippen LogP contribution in [0.1, 0.15) is 0 Å². The molecule has 0 saturated heterocycles. The molecule has 0 amide bonds. The van der Waals surface area contributed by atoms with Crippen LogP contribution in [-0.2, 0) is 0 Å². The van der Waals surface area contributed by atoms with Crippen molar-refractivity contribution in [2.45, 2.75) is 0 Å². The topological polar surface area (TPSA) is 210 Å². The van der Waals surface area contributed by atoms with Gasteiger partial charge in [0.15, 0.2) is 0 Å². The zero-order valence-corrected chi connectivity index (χ0v) is 7.97. The van der Waals surface area contributed by atoms with Gasteiger partial charge in [-0.25, -0.2) is 30.3 Å². The van der Waals surface area contributed by atoms with Crippen LogP contribution in [-0.4, -0.2) is 30.0 Å². The molecular weight excluding hydrogens is 258 g/mol. The Kier molecular flexibility index (Phi) is 3.59. The summed E-state index contributed by atoms with van der Waals surface area (Å²) in [4.78, 5) is 39.4. The number of rotatable bonds is 6. The molecule has 0 spiro atoms. The highest BCUT2D eigenvalue weighted by Gasteiger charge is 2.03. The normalized spacial score (nSPS) is 9.33. The summed E-state index contributed by atoms with van der Waals surface area (Å²) in [6, 6.07) is 0. The van der Waals surface area contributed by atoms with Crippen LogP contribution in [0, 0.1) is 30.3 Å². The molecule has 0 saturated carbocycles. The van der Waals surface area contributed by atoms with E-state index in [1.807, 2.05) is 0 Å². The Morgan fingerprint density at radius 1 is 0.667 bits per heavy atom. The van der Waals surface area contributed by atoms with Crippen molar-refractivity contribution in [2.75, 3.05) is 0 Å². The maximum Gasteiger partial charge on any atom is 0.125 e. The van der Waals surface area contributed by atoms with Crippen molar-refractivity contribution in [3.05, 3.63) is 46.6 Å². The van der Waals surface area contributed by atoms with Crippen LogP contribution in [0.3, 0.4) is 0 Å². The highest BCUT2D eigenvalue weighted by molar-refractivity contribution is 5.44. The standard InChI is InChI=1S/C3N9O6/c13-10(14)7-1-4-2(8-11(15)16)6-3(5-1)9-12(17)18/q-3. The van der Waals surface area contributed by atoms with Crippen LogP contribution >= 0.6 is 0 Å². The molecule has 0 N–H and O–H groups in total. The fourth-order valence-electron chi connectivity index (χ4n) is 0.697. The van der Waals surface area contributed by atoms with E-state index in [0.29, 0.717) is 0 Å². The summed E-state index contributed by atoms with van der Waals surface area (Å²) in [5, 5.41) is 26.5. The highest BCUT2D eigenvalue weighted by atomic mass is 16.7. The van der Waals surface area contributed by atoms with E-state index in [-0.39, 0.29) is 0 Å². The summed E-state index contributed by atoms with van der Waals surface area (Å²) in [7, 11) is 0. The highest BCUT2D eigenvalue weighted by Crippen LogP contribution is 2.23. The lowest BCUT2D eigenvalue weighted by Crippen LogP contribution is -1.99. The third kappa shape index (κ3) is 4.00. The van der Waals surface area contributed by atoms with Gasteiger partial charge in [0, 0.05) is 0 Å². The molecule has 0 aliphatic rings. The predicted molar refractivity (Wildman–Crippen MR) is 49.9 cm³/mol. The van der Waals surface area contributed by atoms with E-state index in [1.165, 1.54) is 0 Å². The SMILES string of the molecule is O=[N+]([O-])[N-]c1nc([N-][N+](=O)[O-])nc([N-][N+](=O)[O-])n1. The fraction of sp³-hybridized carbons (Fsp3) is 0. The summed E-state index contributed by atoms with van der Waals surface area (Å²) < 4.78 is 0. The Morgan fingerprint density at radius 2 is 0.889 bits per heavy atom. The molecule has 1 rings (SSSR count). The molecule has 1 aromatic heterocycles. The van der Waals surface area contributed by atoms with Gasteiger partial charge in [-0.1, -0.05) is 16.3 Å². The van der Waals surface area contributed by atoms with Crippen molar-refractivity contribution in [1.29, 1.82) is 0 Å². The van der Waals surface area contributed by atoms with Gasteiger partial charge in [0.2, 0.25) is 0 Å². The summed E-state index contributed by atoms with van der Waals surface area (Å²) >= 11 is 0. The smallest absolute Gasteiger partial charge is 0.125 e. The molecule has 0 unspecified atom stereocenters. The van der Waals surface area contributed by atoms with Gasteiger partial charge < -0.3 is 15.0 Å². The summed E-state index contributed by atoms with van der Waals surface area (Å²) in [6.07, 6.45) is 0. The molecule has 0 aromatic carbocycles. The zero-order valence-electron chi connectivity index (χ0n) is 7.97. The molecule has 1 aromatic rings. The molecule has 15 heteroatoms. The van der Waals surface area contributed by atoms with E-state index in [0.717, 1.165) is 0 Å². The molecule has 18 heavy (non-hydrogen) atoms. The first-order valence-electron chi connectivity index (χ1n) is 3.71. The molecule has 15 nitrogen and oxygen atoms in total. The summed E-state index contributed by atoms with van der Waals surface area (Å²) in [6.45, 7) is 0. The maximum atomic E-state index is 10.0. The van der Waals surface area contributed by atoms with Gasteiger partial charge in [0.05, 0.1) is 0 Å². The van der Waals surface area contributed by atoms with Gasteiger partial charge in [0.1, 0.15) is 32.9 Å². The van der Waals surface area contributed by atoms with Gasteiger partial charge in [0.25, 0.3) is 0 Å². The second kappa shape index (κ2) is 5.09. The van der Waals surface area contributed by atoms with Crippen molar-refractivity contribution in [3.8, 4) is 0 Å². The molecule has 0 bridgehead atoms. The van der Waals surface area contributed by atoms with Crippen molar-refractivity contribution in [3.63, 3.8) is 0 Å². The van der Waals surface area contributed by atoms with Crippen LogP contribution in [0.15, 0.2) is 0 Å². The van der Waals surface area contributed by atoms with E-state index in [1.54, 1.807) is 0 Å². The van der Waals surface area contributed by atoms with Crippen molar-refractivity contribution < 1.29 is 15.1 Å². The second-order valence-electron chi connectivity index (χ2n) is 2.25. The molecule has 96 valence electrons. The monoisotopic (exact) mass is 258 g/mol. The third-order valence-electron chi connectivity index (χ3n) is 1.11. The van der Waals surface area contributed by atoms with E-state index in [4.69, 9.17) is 0 Å². The fourth-order valence-corrected chi connectivity index (χ4v) is 0.697. The van der Waals surface area contributed by atoms with Crippen LogP contribution in [0.4, 0.5) is 17.8 Å². The first-order chi connectivity index (χ1) is 8.36. The van der Waals surface area contributed by atoms with Gasteiger partial charge in [-0.15, -0.1) is 0 Å². The molecule has 0 aliphatic carbocycles. The predicted octanol–water partition coefficient (Wildman–Crippen LogP) is 0.462. The Morgan fingerprint density at radius 3 is 1.06 bits per heavy atom. The average molecular weight is 258 g/mol. The largest absolute Gasteiger partial charge is 0.344 e. The molecule has 0 fully saturated rings. The van der Waals surface area contributed by atoms with Gasteiger partial charge in [-0.3, -0.25) is 0 Å². The minimum Gasteiger partial charge on any atom is -0.344 e. The Balaban J connectivity index is 3.06. The number of hydrogen-bond acceptors (Lipinski definition) is 9. The minimum absolute atomic E-state index is 0.906. The van der Waals surface area contributed by atoms with Crippen molar-refractivity contribution >= 4 is 17.8 Å². The first-order valence-corrected chi connectivity index (χ1v) is 3.71. The molecule has 0 radical (unpaired) electrons. The van der Waals surface area contributed by atoms with Gasteiger partial charge in [-0.2, -0.15) is 0 Å². The molecular formula is C3N9O6-3. The van der Waals surface area contributed by atoms with Gasteiger partial charge >= 0.3 is 0 Å². The number of nitrogens with zero attached hydrogens (tertiary/aromatic N) is 9. The lowest BCUT2D eigenvalue weighted by molar-refractivity contribution is -0.421. The average Bonchev–Trinajstić information content (AvgIpc) is 2.12.